The van der Waals surface area contributed by atoms with E-state index in [1.807, 2.05) is 0 Å². The number of ether oxygens (including phenoxy) is 1. The maximum absolute atomic E-state index is 12.0. The maximum Gasteiger partial charge on any atom is 0.273 e. The van der Waals surface area contributed by atoms with E-state index in [1.165, 1.54) is 36.4 Å². The molecule has 2 aromatic carbocycles. The van der Waals surface area contributed by atoms with Crippen LogP contribution in [0.5, 0.6) is 5.75 Å². The third-order valence-corrected chi connectivity index (χ3v) is 4.71. The molecule has 1 amide bonds. The van der Waals surface area contributed by atoms with E-state index in [4.69, 9.17) is 4.74 Å². The first-order chi connectivity index (χ1) is 12.2. The maximum atomic E-state index is 12.0. The Hall–Kier alpha value is -2.94. The lowest BCUT2D eigenvalue weighted by molar-refractivity contribution is -0.384. The van der Waals surface area contributed by atoms with Gasteiger partial charge in [-0.2, -0.15) is 0 Å². The molecule has 1 N–H and O–H groups in total. The minimum absolute atomic E-state index is 0.123. The van der Waals surface area contributed by atoms with Gasteiger partial charge >= 0.3 is 0 Å². The lowest BCUT2D eigenvalue weighted by Gasteiger charge is -2.15. The molecule has 9 heteroatoms. The van der Waals surface area contributed by atoms with Crippen molar-refractivity contribution in [2.24, 2.45) is 0 Å². The Morgan fingerprint density at radius 1 is 1.23 bits per heavy atom. The van der Waals surface area contributed by atoms with Gasteiger partial charge in [0, 0.05) is 12.3 Å². The zero-order valence-corrected chi connectivity index (χ0v) is 15.0. The molecule has 0 spiro atoms. The quantitative estimate of drug-likeness (QED) is 0.583. The third-order valence-electron chi connectivity index (χ3n) is 3.58. The summed E-state index contributed by atoms with van der Waals surface area (Å²) in [7, 11) is -3.27. The van der Waals surface area contributed by atoms with E-state index in [1.54, 1.807) is 19.1 Å². The zero-order chi connectivity index (χ0) is 19.3. The van der Waals surface area contributed by atoms with Crippen molar-refractivity contribution in [2.75, 3.05) is 12.9 Å². The van der Waals surface area contributed by atoms with Crippen LogP contribution in [-0.2, 0) is 14.6 Å². The number of carbonyl (C=O) groups is 1. The van der Waals surface area contributed by atoms with Crippen molar-refractivity contribution in [3.63, 3.8) is 0 Å². The second-order valence-electron chi connectivity index (χ2n) is 5.67. The van der Waals surface area contributed by atoms with Crippen LogP contribution in [0.4, 0.5) is 5.69 Å². The van der Waals surface area contributed by atoms with Crippen LogP contribution < -0.4 is 10.1 Å². The average molecular weight is 378 g/mol. The van der Waals surface area contributed by atoms with Crippen molar-refractivity contribution in [2.45, 2.75) is 17.9 Å². The van der Waals surface area contributed by atoms with Gasteiger partial charge in [-0.15, -0.1) is 0 Å². The summed E-state index contributed by atoms with van der Waals surface area (Å²) in [4.78, 5) is 22.3. The van der Waals surface area contributed by atoms with Crippen LogP contribution in [0.3, 0.4) is 0 Å². The number of rotatable bonds is 7. The molecule has 0 aliphatic rings. The van der Waals surface area contributed by atoms with E-state index in [0.717, 1.165) is 11.8 Å². The smallest absolute Gasteiger partial charge is 0.273 e. The minimum atomic E-state index is -3.27. The van der Waals surface area contributed by atoms with Crippen molar-refractivity contribution in [3.8, 4) is 5.75 Å². The fourth-order valence-electron chi connectivity index (χ4n) is 2.21. The molecule has 8 nitrogen and oxygen atoms in total. The topological polar surface area (TPSA) is 116 Å². The summed E-state index contributed by atoms with van der Waals surface area (Å²) in [5.41, 5.74) is 0.614. The number of nitro benzene ring substituents is 1. The van der Waals surface area contributed by atoms with Gasteiger partial charge in [-0.25, -0.2) is 8.42 Å². The number of non-ortho nitro benzene ring substituents is 1. The number of sulfone groups is 1. The summed E-state index contributed by atoms with van der Waals surface area (Å²) in [6.07, 6.45) is 1.12. The SMILES string of the molecule is CC(NC(=O)COc1cccc([N+](=O)[O-])c1)c1ccc(S(C)(=O)=O)cc1. The molecule has 0 aliphatic carbocycles. The van der Waals surface area contributed by atoms with E-state index in [-0.39, 0.29) is 29.0 Å². The van der Waals surface area contributed by atoms with Gasteiger partial charge in [0.1, 0.15) is 5.75 Å². The van der Waals surface area contributed by atoms with E-state index in [9.17, 15) is 23.3 Å². The molecule has 138 valence electrons. The van der Waals surface area contributed by atoms with Crippen molar-refractivity contribution < 1.29 is 22.9 Å². The molecule has 2 aromatic rings. The van der Waals surface area contributed by atoms with Crippen LogP contribution >= 0.6 is 0 Å². The monoisotopic (exact) mass is 378 g/mol. The number of nitrogens with zero attached hydrogens (tertiary/aromatic N) is 1. The molecule has 0 radical (unpaired) electrons. The van der Waals surface area contributed by atoms with Gasteiger partial charge in [-0.1, -0.05) is 18.2 Å². The Morgan fingerprint density at radius 2 is 1.88 bits per heavy atom. The molecular weight excluding hydrogens is 360 g/mol. The lowest BCUT2D eigenvalue weighted by Crippen LogP contribution is -2.31. The van der Waals surface area contributed by atoms with Crippen LogP contribution in [-0.4, -0.2) is 32.1 Å². The highest BCUT2D eigenvalue weighted by atomic mass is 32.2. The fourth-order valence-corrected chi connectivity index (χ4v) is 2.84. The number of hydrogen-bond donors (Lipinski definition) is 1. The van der Waals surface area contributed by atoms with Gasteiger partial charge in [-0.3, -0.25) is 14.9 Å². The van der Waals surface area contributed by atoms with Gasteiger partial charge < -0.3 is 10.1 Å². The van der Waals surface area contributed by atoms with Gasteiger partial charge in [0.05, 0.1) is 21.9 Å². The molecule has 0 aromatic heterocycles. The molecule has 0 saturated heterocycles. The molecular formula is C17H18N2O6S. The summed E-state index contributed by atoms with van der Waals surface area (Å²) in [5, 5.41) is 13.4. The molecule has 0 heterocycles. The molecule has 2 rings (SSSR count). The predicted octanol–water partition coefficient (Wildman–Crippen LogP) is 2.25. The van der Waals surface area contributed by atoms with E-state index in [2.05, 4.69) is 5.32 Å². The fraction of sp³-hybridized carbons (Fsp3) is 0.235. The van der Waals surface area contributed by atoms with Crippen LogP contribution in [0, 0.1) is 10.1 Å². The second kappa shape index (κ2) is 7.96. The summed E-state index contributed by atoms with van der Waals surface area (Å²) in [6.45, 7) is 1.45. The molecule has 1 atom stereocenters. The summed E-state index contributed by atoms with van der Waals surface area (Å²) in [5.74, 6) is -0.185. The van der Waals surface area contributed by atoms with Crippen LogP contribution in [0.25, 0.3) is 0 Å². The number of nitrogens with one attached hydrogen (secondary N) is 1. The molecule has 0 aliphatic heterocycles. The number of nitro groups is 1. The molecule has 0 bridgehead atoms. The Kier molecular flexibility index (Phi) is 5.93. The van der Waals surface area contributed by atoms with Gasteiger partial charge in [0.25, 0.3) is 11.6 Å². The first-order valence-electron chi connectivity index (χ1n) is 7.63. The molecule has 26 heavy (non-hydrogen) atoms. The van der Waals surface area contributed by atoms with Crippen molar-refractivity contribution >= 4 is 21.4 Å². The third kappa shape index (κ3) is 5.28. The van der Waals surface area contributed by atoms with Crippen LogP contribution in [0.1, 0.15) is 18.5 Å². The number of amides is 1. The lowest BCUT2D eigenvalue weighted by atomic mass is 10.1. The van der Waals surface area contributed by atoms with Crippen LogP contribution in [0.15, 0.2) is 53.4 Å². The molecule has 0 fully saturated rings. The minimum Gasteiger partial charge on any atom is -0.484 e. The Labute approximate surface area is 150 Å². The molecule has 0 saturated carbocycles. The largest absolute Gasteiger partial charge is 0.484 e. The van der Waals surface area contributed by atoms with Crippen molar-refractivity contribution in [1.29, 1.82) is 0 Å². The Morgan fingerprint density at radius 3 is 2.46 bits per heavy atom. The van der Waals surface area contributed by atoms with Crippen LogP contribution in [0.2, 0.25) is 0 Å². The van der Waals surface area contributed by atoms with Crippen molar-refractivity contribution in [1.82, 2.24) is 5.32 Å². The second-order valence-corrected chi connectivity index (χ2v) is 7.69. The highest BCUT2D eigenvalue weighted by Gasteiger charge is 2.13. The highest BCUT2D eigenvalue weighted by Crippen LogP contribution is 2.19. The Bertz CT molecular complexity index is 909. The van der Waals surface area contributed by atoms with E-state index in [0.29, 0.717) is 0 Å². The summed E-state index contributed by atoms with van der Waals surface area (Å²) >= 11 is 0. The summed E-state index contributed by atoms with van der Waals surface area (Å²) < 4.78 is 28.2. The Balaban J connectivity index is 1.93. The normalized spacial score (nSPS) is 12.2. The van der Waals surface area contributed by atoms with Crippen molar-refractivity contribution in [3.05, 3.63) is 64.2 Å². The highest BCUT2D eigenvalue weighted by molar-refractivity contribution is 7.90. The van der Waals surface area contributed by atoms with Gasteiger partial charge in [0.2, 0.25) is 0 Å². The predicted molar refractivity (Wildman–Crippen MR) is 94.7 cm³/mol. The van der Waals surface area contributed by atoms with Gasteiger partial charge in [-0.05, 0) is 30.7 Å². The average Bonchev–Trinajstić information content (AvgIpc) is 2.59. The van der Waals surface area contributed by atoms with Gasteiger partial charge in [0.15, 0.2) is 16.4 Å². The first kappa shape index (κ1) is 19.4. The zero-order valence-electron chi connectivity index (χ0n) is 14.2. The number of hydrogen-bond acceptors (Lipinski definition) is 6. The standard InChI is InChI=1S/C17H18N2O6S/c1-12(13-6-8-16(9-7-13)26(2,23)24)18-17(20)11-25-15-5-3-4-14(10-15)19(21)22/h3-10,12H,11H2,1-2H3,(H,18,20). The van der Waals surface area contributed by atoms with E-state index >= 15 is 0 Å². The first-order valence-corrected chi connectivity index (χ1v) is 9.52. The number of carbonyl (C=O) groups excluding carboxylic acids is 1. The summed E-state index contributed by atoms with van der Waals surface area (Å²) in [6, 6.07) is 11.4. The molecule has 1 unspecified atom stereocenters. The van der Waals surface area contributed by atoms with E-state index < -0.39 is 20.7 Å². The number of benzene rings is 2.